The fourth-order valence-corrected chi connectivity index (χ4v) is 1.41. The largest absolute Gasteiger partial charge is 0.349 e. The molecule has 0 aliphatic carbocycles. The van der Waals surface area contributed by atoms with E-state index in [2.05, 4.69) is 19.7 Å². The molecular formula is C7H16BN. The molecule has 1 aliphatic heterocycles. The Labute approximate surface area is 58.9 Å². The predicted molar refractivity (Wildman–Crippen MR) is 43.1 cm³/mol. The van der Waals surface area contributed by atoms with Crippen molar-refractivity contribution < 1.29 is 0 Å². The Morgan fingerprint density at radius 2 is 2.11 bits per heavy atom. The molecule has 0 aromatic rings. The maximum atomic E-state index is 2.43. The third-order valence-corrected chi connectivity index (χ3v) is 2.24. The van der Waals surface area contributed by atoms with Gasteiger partial charge in [0.2, 0.25) is 0 Å². The van der Waals surface area contributed by atoms with Crippen molar-refractivity contribution in [3.05, 3.63) is 0 Å². The van der Waals surface area contributed by atoms with Crippen LogP contribution in [0, 0.1) is 5.92 Å². The lowest BCUT2D eigenvalue weighted by atomic mass is 10.0. The first-order chi connectivity index (χ1) is 4.29. The maximum absolute atomic E-state index is 2.43. The van der Waals surface area contributed by atoms with Crippen LogP contribution >= 0.6 is 0 Å². The van der Waals surface area contributed by atoms with E-state index in [0.717, 1.165) is 5.92 Å². The van der Waals surface area contributed by atoms with Crippen LogP contribution in [0.15, 0.2) is 0 Å². The summed E-state index contributed by atoms with van der Waals surface area (Å²) < 4.78 is 0. The Morgan fingerprint density at radius 3 is 2.89 bits per heavy atom. The molecule has 1 heterocycles. The molecular weight excluding hydrogens is 109 g/mol. The fourth-order valence-electron chi connectivity index (χ4n) is 1.41. The highest BCUT2D eigenvalue weighted by molar-refractivity contribution is 6.04. The average molecular weight is 125 g/mol. The van der Waals surface area contributed by atoms with Gasteiger partial charge < -0.3 is 4.81 Å². The Hall–Kier alpha value is 0.0249. The zero-order chi connectivity index (χ0) is 6.69. The number of hydrogen-bond acceptors (Lipinski definition) is 1. The molecule has 0 saturated carbocycles. The van der Waals surface area contributed by atoms with E-state index in [4.69, 9.17) is 0 Å². The van der Waals surface area contributed by atoms with Gasteiger partial charge >= 0.3 is 0 Å². The lowest BCUT2D eigenvalue weighted by molar-refractivity contribution is 0.456. The Balaban J connectivity index is 2.25. The average Bonchev–Trinajstić information content (AvgIpc) is 1.97. The molecule has 1 nitrogen and oxygen atoms in total. The van der Waals surface area contributed by atoms with Gasteiger partial charge in [0.1, 0.15) is 0 Å². The van der Waals surface area contributed by atoms with Gasteiger partial charge in [-0.2, -0.15) is 0 Å². The minimum Gasteiger partial charge on any atom is -0.349 e. The van der Waals surface area contributed by atoms with Crippen LogP contribution in [0.1, 0.15) is 26.2 Å². The van der Waals surface area contributed by atoms with Crippen molar-refractivity contribution in [3.63, 3.8) is 0 Å². The van der Waals surface area contributed by atoms with Crippen molar-refractivity contribution in [2.24, 2.45) is 5.92 Å². The van der Waals surface area contributed by atoms with Gasteiger partial charge in [-0.05, 0) is 38.3 Å². The molecule has 1 saturated heterocycles. The van der Waals surface area contributed by atoms with E-state index in [1.54, 1.807) is 0 Å². The van der Waals surface area contributed by atoms with Crippen LogP contribution in [0.4, 0.5) is 0 Å². The molecule has 0 spiro atoms. The van der Waals surface area contributed by atoms with E-state index in [0.29, 0.717) is 0 Å². The molecule has 0 aromatic heterocycles. The van der Waals surface area contributed by atoms with Crippen LogP contribution < -0.4 is 0 Å². The number of rotatable bonds is 0. The minimum absolute atomic E-state index is 0.968. The normalized spacial score (nSPS) is 31.9. The summed E-state index contributed by atoms with van der Waals surface area (Å²) in [5.41, 5.74) is 0. The van der Waals surface area contributed by atoms with Gasteiger partial charge in [0.15, 0.2) is 7.98 Å². The van der Waals surface area contributed by atoms with Gasteiger partial charge in [0.05, 0.1) is 0 Å². The monoisotopic (exact) mass is 125 g/mol. The Bertz CT molecular complexity index is 75.0. The van der Waals surface area contributed by atoms with Crippen LogP contribution in [0.3, 0.4) is 0 Å². The zero-order valence-corrected chi connectivity index (χ0v) is 6.56. The van der Waals surface area contributed by atoms with Gasteiger partial charge in [0, 0.05) is 0 Å². The first-order valence-corrected chi connectivity index (χ1v) is 3.97. The summed E-state index contributed by atoms with van der Waals surface area (Å²) in [5, 5.41) is 0. The van der Waals surface area contributed by atoms with Crippen molar-refractivity contribution in [2.45, 2.75) is 26.2 Å². The van der Waals surface area contributed by atoms with E-state index in [1.165, 1.54) is 32.4 Å². The van der Waals surface area contributed by atoms with Crippen LogP contribution in [0.5, 0.6) is 0 Å². The highest BCUT2D eigenvalue weighted by atomic mass is 15.0. The van der Waals surface area contributed by atoms with Crippen molar-refractivity contribution in [2.75, 3.05) is 13.1 Å². The highest BCUT2D eigenvalue weighted by Crippen LogP contribution is 2.14. The van der Waals surface area contributed by atoms with Crippen molar-refractivity contribution in [1.82, 2.24) is 4.81 Å². The molecule has 0 amide bonds. The second kappa shape index (κ2) is 3.26. The smallest absolute Gasteiger partial charge is 0.185 e. The van der Waals surface area contributed by atoms with Gasteiger partial charge in [0.25, 0.3) is 0 Å². The lowest BCUT2D eigenvalue weighted by Gasteiger charge is -2.11. The first kappa shape index (κ1) is 7.14. The molecule has 1 atom stereocenters. The first-order valence-electron chi connectivity index (χ1n) is 3.97. The molecule has 1 aliphatic rings. The van der Waals surface area contributed by atoms with Crippen LogP contribution in [0.2, 0.25) is 0 Å². The van der Waals surface area contributed by atoms with Gasteiger partial charge in [-0.25, -0.2) is 0 Å². The highest BCUT2D eigenvalue weighted by Gasteiger charge is 2.08. The third-order valence-electron chi connectivity index (χ3n) is 2.24. The second-order valence-corrected chi connectivity index (χ2v) is 3.34. The van der Waals surface area contributed by atoms with Gasteiger partial charge in [-0.1, -0.05) is 6.92 Å². The topological polar surface area (TPSA) is 3.24 Å². The molecule has 1 fully saturated rings. The maximum Gasteiger partial charge on any atom is 0.185 e. The third kappa shape index (κ3) is 2.40. The summed E-state index contributed by atoms with van der Waals surface area (Å²) in [5.74, 6) is 0.968. The second-order valence-electron chi connectivity index (χ2n) is 3.34. The molecule has 0 radical (unpaired) electrons. The summed E-state index contributed by atoms with van der Waals surface area (Å²) in [6, 6.07) is 0. The zero-order valence-electron chi connectivity index (χ0n) is 6.56. The molecule has 0 bridgehead atoms. The summed E-state index contributed by atoms with van der Waals surface area (Å²) in [6.45, 7) is 4.98. The summed E-state index contributed by atoms with van der Waals surface area (Å²) in [7, 11) is 2.22. The summed E-state index contributed by atoms with van der Waals surface area (Å²) >= 11 is 0. The van der Waals surface area contributed by atoms with E-state index in [9.17, 15) is 0 Å². The number of hydrogen-bond donors (Lipinski definition) is 0. The quantitative estimate of drug-likeness (QED) is 0.430. The standard InChI is InChI=1S/C7H16BN/c1-7-3-2-5-9(8)6-4-7/h7H,2-6,8H2,1H3. The number of nitrogens with zero attached hydrogens (tertiary/aromatic N) is 1. The molecule has 0 aromatic carbocycles. The minimum atomic E-state index is 0.968. The van der Waals surface area contributed by atoms with Gasteiger partial charge in [-0.3, -0.25) is 0 Å². The fraction of sp³-hybridized carbons (Fsp3) is 1.00. The van der Waals surface area contributed by atoms with E-state index < -0.39 is 0 Å². The predicted octanol–water partition coefficient (Wildman–Crippen LogP) is 0.656. The van der Waals surface area contributed by atoms with Crippen molar-refractivity contribution in [3.8, 4) is 0 Å². The Morgan fingerprint density at radius 1 is 1.33 bits per heavy atom. The van der Waals surface area contributed by atoms with Crippen LogP contribution in [-0.2, 0) is 0 Å². The van der Waals surface area contributed by atoms with E-state index in [-0.39, 0.29) is 0 Å². The molecule has 0 N–H and O–H groups in total. The molecule has 1 rings (SSSR count). The van der Waals surface area contributed by atoms with Crippen LogP contribution in [-0.4, -0.2) is 25.9 Å². The van der Waals surface area contributed by atoms with E-state index in [1.807, 2.05) is 0 Å². The van der Waals surface area contributed by atoms with E-state index >= 15 is 0 Å². The Kier molecular flexibility index (Phi) is 2.58. The SMILES string of the molecule is BN1CCCC(C)CC1. The molecule has 1 unspecified atom stereocenters. The van der Waals surface area contributed by atoms with Crippen molar-refractivity contribution in [1.29, 1.82) is 0 Å². The van der Waals surface area contributed by atoms with Crippen molar-refractivity contribution >= 4 is 7.98 Å². The molecule has 9 heavy (non-hydrogen) atoms. The van der Waals surface area contributed by atoms with Gasteiger partial charge in [-0.15, -0.1) is 0 Å². The summed E-state index contributed by atoms with van der Waals surface area (Å²) in [6.07, 6.45) is 4.23. The molecule has 52 valence electrons. The lowest BCUT2D eigenvalue weighted by Crippen LogP contribution is -2.20. The molecule has 2 heteroatoms. The van der Waals surface area contributed by atoms with Crippen LogP contribution in [0.25, 0.3) is 0 Å². The summed E-state index contributed by atoms with van der Waals surface area (Å²) in [4.78, 5) is 2.43.